The summed E-state index contributed by atoms with van der Waals surface area (Å²) in [6.45, 7) is 2.37. The number of fused-ring (bicyclic) bond motifs is 2. The van der Waals surface area contributed by atoms with Crippen molar-refractivity contribution in [3.05, 3.63) is 68.5 Å². The summed E-state index contributed by atoms with van der Waals surface area (Å²) in [5, 5.41) is 11.3. The molecule has 2 aliphatic rings. The molecule has 0 bridgehead atoms. The highest BCUT2D eigenvalue weighted by molar-refractivity contribution is 6.31. The molecular weight excluding hydrogens is 498 g/mol. The molecule has 8 nitrogen and oxygen atoms in total. The standard InChI is InChI=1S/C28H28ClNO7/c1-2-35-24(31)11-16-7-9-17(10-8-16)25-26(28(33)34)30(21-6-4-3-5-19(21)27(25)32)14-18-12-22-23(13-20(18)29)37-15-36-22/h3-6,12-13,16-17H,2,7-11,14-15H2,1H3,(H,33,34). The van der Waals surface area contributed by atoms with E-state index in [2.05, 4.69) is 0 Å². The van der Waals surface area contributed by atoms with E-state index in [1.807, 2.05) is 0 Å². The van der Waals surface area contributed by atoms with Crippen molar-refractivity contribution in [3.63, 3.8) is 0 Å². The van der Waals surface area contributed by atoms with E-state index in [0.29, 0.717) is 64.4 Å². The molecule has 9 heteroatoms. The first-order valence-electron chi connectivity index (χ1n) is 12.5. The second-order valence-corrected chi connectivity index (χ2v) is 9.93. The Labute approximate surface area is 218 Å². The van der Waals surface area contributed by atoms with E-state index in [1.165, 1.54) is 0 Å². The number of pyridine rings is 1. The average molecular weight is 526 g/mol. The number of nitrogens with zero attached hydrogens (tertiary/aromatic N) is 1. The number of carbonyl (C=O) groups excluding carboxylic acids is 1. The number of carbonyl (C=O) groups is 2. The quantitative estimate of drug-likeness (QED) is 0.414. The largest absolute Gasteiger partial charge is 0.477 e. The van der Waals surface area contributed by atoms with Crippen molar-refractivity contribution in [1.29, 1.82) is 0 Å². The van der Waals surface area contributed by atoms with Crippen molar-refractivity contribution in [2.24, 2.45) is 5.92 Å². The molecule has 1 saturated carbocycles. The lowest BCUT2D eigenvalue weighted by molar-refractivity contribution is -0.144. The van der Waals surface area contributed by atoms with E-state index >= 15 is 0 Å². The van der Waals surface area contributed by atoms with Gasteiger partial charge in [-0.2, -0.15) is 0 Å². The highest BCUT2D eigenvalue weighted by Crippen LogP contribution is 2.40. The number of aromatic nitrogens is 1. The highest BCUT2D eigenvalue weighted by Gasteiger charge is 2.32. The first-order chi connectivity index (χ1) is 17.9. The third-order valence-electron chi connectivity index (χ3n) is 7.30. The number of benzene rings is 2. The molecule has 1 aliphatic heterocycles. The summed E-state index contributed by atoms with van der Waals surface area (Å²) in [5.74, 6) is -0.355. The van der Waals surface area contributed by atoms with E-state index in [-0.39, 0.29) is 42.3 Å². The van der Waals surface area contributed by atoms with Gasteiger partial charge in [-0.15, -0.1) is 0 Å². The van der Waals surface area contributed by atoms with Gasteiger partial charge in [0.2, 0.25) is 6.79 Å². The molecule has 3 aromatic rings. The predicted octanol–water partition coefficient (Wildman–Crippen LogP) is 5.36. The molecule has 1 fully saturated rings. The van der Waals surface area contributed by atoms with Crippen LogP contribution in [0.2, 0.25) is 5.02 Å². The Morgan fingerprint density at radius 2 is 1.81 bits per heavy atom. The molecule has 5 rings (SSSR count). The number of hydrogen-bond acceptors (Lipinski definition) is 6. The zero-order chi connectivity index (χ0) is 26.1. The van der Waals surface area contributed by atoms with Crippen LogP contribution in [0.15, 0.2) is 41.2 Å². The molecule has 2 aromatic carbocycles. The summed E-state index contributed by atoms with van der Waals surface area (Å²) in [7, 11) is 0. The van der Waals surface area contributed by atoms with Gasteiger partial charge >= 0.3 is 11.9 Å². The normalized spacial score (nSPS) is 18.6. The van der Waals surface area contributed by atoms with E-state index in [1.54, 1.807) is 47.9 Å². The maximum Gasteiger partial charge on any atom is 0.352 e. The minimum absolute atomic E-state index is 0.0220. The number of aromatic carboxylic acids is 1. The Balaban J connectivity index is 1.56. The SMILES string of the molecule is CCOC(=O)CC1CCC(c2c(C(=O)O)n(Cc3cc4c(cc3Cl)OCO4)c3ccccc3c2=O)CC1. The Hall–Kier alpha value is -3.52. The number of rotatable bonds is 7. The van der Waals surface area contributed by atoms with Gasteiger partial charge in [-0.25, -0.2) is 4.79 Å². The summed E-state index contributed by atoms with van der Waals surface area (Å²) >= 11 is 6.54. The van der Waals surface area contributed by atoms with Crippen molar-refractivity contribution < 1.29 is 28.9 Å². The van der Waals surface area contributed by atoms with Crippen molar-refractivity contribution in [2.45, 2.75) is 51.5 Å². The van der Waals surface area contributed by atoms with Crippen molar-refractivity contribution in [2.75, 3.05) is 13.4 Å². The summed E-state index contributed by atoms with van der Waals surface area (Å²) < 4.78 is 17.7. The third-order valence-corrected chi connectivity index (χ3v) is 7.65. The second-order valence-electron chi connectivity index (χ2n) is 9.52. The Morgan fingerprint density at radius 1 is 1.11 bits per heavy atom. The highest BCUT2D eigenvalue weighted by atomic mass is 35.5. The topological polar surface area (TPSA) is 104 Å². The maximum absolute atomic E-state index is 13.7. The van der Waals surface area contributed by atoms with Crippen molar-refractivity contribution in [1.82, 2.24) is 4.57 Å². The molecule has 0 unspecified atom stereocenters. The van der Waals surface area contributed by atoms with E-state index in [9.17, 15) is 19.5 Å². The molecule has 1 N–H and O–H groups in total. The molecule has 0 atom stereocenters. The van der Waals surface area contributed by atoms with Gasteiger partial charge in [-0.05, 0) is 68.2 Å². The molecular formula is C28H28ClNO7. The Kier molecular flexibility index (Phi) is 7.11. The average Bonchev–Trinajstić information content (AvgIpc) is 3.33. The van der Waals surface area contributed by atoms with Gasteiger partial charge in [0.1, 0.15) is 5.69 Å². The number of ether oxygens (including phenoxy) is 3. The van der Waals surface area contributed by atoms with Crippen molar-refractivity contribution >= 4 is 34.4 Å². The lowest BCUT2D eigenvalue weighted by Gasteiger charge is -2.30. The summed E-state index contributed by atoms with van der Waals surface area (Å²) in [6, 6.07) is 10.5. The maximum atomic E-state index is 13.7. The zero-order valence-corrected chi connectivity index (χ0v) is 21.3. The van der Waals surface area contributed by atoms with Crippen LogP contribution in [0.1, 0.15) is 66.6 Å². The molecule has 37 heavy (non-hydrogen) atoms. The lowest BCUT2D eigenvalue weighted by atomic mass is 9.76. The zero-order valence-electron chi connectivity index (χ0n) is 20.5. The van der Waals surface area contributed by atoms with Gasteiger partial charge in [0.15, 0.2) is 16.9 Å². The monoisotopic (exact) mass is 525 g/mol. The number of halogens is 1. The summed E-state index contributed by atoms with van der Waals surface area (Å²) in [4.78, 5) is 38.4. The summed E-state index contributed by atoms with van der Waals surface area (Å²) in [6.07, 6.45) is 3.05. The Morgan fingerprint density at radius 3 is 2.51 bits per heavy atom. The van der Waals surface area contributed by atoms with Gasteiger partial charge in [0.25, 0.3) is 0 Å². The van der Waals surface area contributed by atoms with Crippen LogP contribution in [0.4, 0.5) is 0 Å². The number of para-hydroxylation sites is 1. The van der Waals surface area contributed by atoms with Gasteiger partial charge in [-0.1, -0.05) is 23.7 Å². The molecule has 0 radical (unpaired) electrons. The van der Waals surface area contributed by atoms with Crippen LogP contribution in [0.3, 0.4) is 0 Å². The fourth-order valence-corrected chi connectivity index (χ4v) is 5.77. The van der Waals surface area contributed by atoms with Crippen LogP contribution in [0.5, 0.6) is 11.5 Å². The number of hydrogen-bond donors (Lipinski definition) is 1. The molecule has 1 aliphatic carbocycles. The first-order valence-corrected chi connectivity index (χ1v) is 12.9. The number of carboxylic acid groups (broad SMARTS) is 1. The van der Waals surface area contributed by atoms with Gasteiger partial charge in [0, 0.05) is 28.5 Å². The van der Waals surface area contributed by atoms with E-state index in [4.69, 9.17) is 25.8 Å². The van der Waals surface area contributed by atoms with E-state index < -0.39 is 5.97 Å². The molecule has 0 saturated heterocycles. The van der Waals surface area contributed by atoms with Crippen LogP contribution in [-0.2, 0) is 16.1 Å². The molecule has 0 spiro atoms. The third kappa shape index (κ3) is 4.90. The fraction of sp³-hybridized carbons (Fsp3) is 0.393. The van der Waals surface area contributed by atoms with Crippen LogP contribution in [0.25, 0.3) is 10.9 Å². The van der Waals surface area contributed by atoms with Crippen LogP contribution >= 0.6 is 11.6 Å². The van der Waals surface area contributed by atoms with Crippen LogP contribution < -0.4 is 14.9 Å². The van der Waals surface area contributed by atoms with Crippen molar-refractivity contribution in [3.8, 4) is 11.5 Å². The molecule has 2 heterocycles. The number of esters is 1. The van der Waals surface area contributed by atoms with E-state index in [0.717, 1.165) is 12.8 Å². The smallest absolute Gasteiger partial charge is 0.352 e. The van der Waals surface area contributed by atoms with Gasteiger partial charge < -0.3 is 23.9 Å². The second kappa shape index (κ2) is 10.5. The summed E-state index contributed by atoms with van der Waals surface area (Å²) in [5.41, 5.74) is 1.23. The molecule has 194 valence electrons. The van der Waals surface area contributed by atoms with Crippen LogP contribution in [-0.4, -0.2) is 35.0 Å². The molecule has 0 amide bonds. The van der Waals surface area contributed by atoms with Gasteiger partial charge in [-0.3, -0.25) is 9.59 Å². The number of carboxylic acids is 1. The fourth-order valence-electron chi connectivity index (χ4n) is 5.55. The molecule has 1 aromatic heterocycles. The minimum Gasteiger partial charge on any atom is -0.477 e. The van der Waals surface area contributed by atoms with Gasteiger partial charge in [0.05, 0.1) is 18.7 Å². The first kappa shape index (κ1) is 25.1. The Bertz CT molecular complexity index is 1420. The predicted molar refractivity (Wildman–Crippen MR) is 138 cm³/mol. The van der Waals surface area contributed by atoms with Crippen LogP contribution in [0, 0.1) is 5.92 Å². The lowest BCUT2D eigenvalue weighted by Crippen LogP contribution is -2.28. The minimum atomic E-state index is -1.16.